The van der Waals surface area contributed by atoms with Crippen LogP contribution in [0.4, 0.5) is 18.9 Å². The maximum atomic E-state index is 13.0. The van der Waals surface area contributed by atoms with Gasteiger partial charge in [0, 0.05) is 12.2 Å². The zero-order valence-electron chi connectivity index (χ0n) is 11.5. The van der Waals surface area contributed by atoms with Crippen molar-refractivity contribution < 1.29 is 22.7 Å². The molecule has 3 nitrogen and oxygen atoms in total. The van der Waals surface area contributed by atoms with Crippen LogP contribution in [0.25, 0.3) is 0 Å². The Hall–Kier alpha value is -1.95. The van der Waals surface area contributed by atoms with Gasteiger partial charge in [0.1, 0.15) is 5.76 Å². The lowest BCUT2D eigenvalue weighted by atomic mass is 10.1. The van der Waals surface area contributed by atoms with Gasteiger partial charge in [-0.05, 0) is 36.8 Å². The number of alkyl halides is 3. The van der Waals surface area contributed by atoms with Crippen molar-refractivity contribution in [2.24, 2.45) is 0 Å². The third kappa shape index (κ3) is 3.58. The highest BCUT2D eigenvalue weighted by Crippen LogP contribution is 2.35. The highest BCUT2D eigenvalue weighted by molar-refractivity contribution is 5.52. The van der Waals surface area contributed by atoms with Crippen molar-refractivity contribution in [1.29, 1.82) is 0 Å². The third-order valence-corrected chi connectivity index (χ3v) is 3.24. The predicted molar refractivity (Wildman–Crippen MR) is 72.8 cm³/mol. The second kappa shape index (κ2) is 6.22. The summed E-state index contributed by atoms with van der Waals surface area (Å²) in [6, 6.07) is 7.46. The molecule has 0 unspecified atom stereocenters. The molecule has 1 heterocycles. The molecule has 1 N–H and O–H groups in total. The molecule has 0 saturated carbocycles. The zero-order valence-corrected chi connectivity index (χ0v) is 11.5. The summed E-state index contributed by atoms with van der Waals surface area (Å²) in [6.45, 7) is 2.14. The molecule has 0 aliphatic heterocycles. The molecule has 1 aromatic carbocycles. The van der Waals surface area contributed by atoms with Crippen LogP contribution in [0.1, 0.15) is 23.8 Å². The van der Waals surface area contributed by atoms with Crippen molar-refractivity contribution in [3.63, 3.8) is 0 Å². The molecule has 0 amide bonds. The number of hydrogen-bond donors (Lipinski definition) is 1. The van der Waals surface area contributed by atoms with Crippen LogP contribution >= 0.6 is 0 Å². The Morgan fingerprint density at radius 1 is 1.24 bits per heavy atom. The topological polar surface area (TPSA) is 36.6 Å². The van der Waals surface area contributed by atoms with E-state index >= 15 is 0 Å². The van der Waals surface area contributed by atoms with Crippen LogP contribution in [0.5, 0.6) is 0 Å². The molecule has 0 bridgehead atoms. The average molecular weight is 299 g/mol. The lowest BCUT2D eigenvalue weighted by Crippen LogP contribution is -2.22. The standard InChI is InChI=1S/C15H16F3NO2/c1-2-19(9-13-4-3-7-21-13)12-6-5-11(10-20)14(8-12)15(16,17)18/h3-8,20H,2,9-10H2,1H3. The van der Waals surface area contributed by atoms with E-state index in [1.54, 1.807) is 23.1 Å². The average Bonchev–Trinajstić information content (AvgIpc) is 2.96. The lowest BCUT2D eigenvalue weighted by Gasteiger charge is -2.24. The second-order valence-electron chi connectivity index (χ2n) is 4.59. The van der Waals surface area contributed by atoms with Gasteiger partial charge in [0.15, 0.2) is 0 Å². The minimum Gasteiger partial charge on any atom is -0.467 e. The number of aliphatic hydroxyl groups excluding tert-OH is 1. The van der Waals surface area contributed by atoms with E-state index in [0.717, 1.165) is 6.07 Å². The molecule has 0 radical (unpaired) electrons. The van der Waals surface area contributed by atoms with E-state index < -0.39 is 18.3 Å². The minimum atomic E-state index is -4.49. The van der Waals surface area contributed by atoms with E-state index in [9.17, 15) is 13.2 Å². The first-order valence-electron chi connectivity index (χ1n) is 6.54. The highest BCUT2D eigenvalue weighted by atomic mass is 19.4. The van der Waals surface area contributed by atoms with Gasteiger partial charge >= 0.3 is 6.18 Å². The normalized spacial score (nSPS) is 11.7. The second-order valence-corrected chi connectivity index (χ2v) is 4.59. The van der Waals surface area contributed by atoms with E-state index in [4.69, 9.17) is 9.52 Å². The van der Waals surface area contributed by atoms with Crippen LogP contribution in [0.3, 0.4) is 0 Å². The zero-order chi connectivity index (χ0) is 15.5. The molecule has 2 aromatic rings. The third-order valence-electron chi connectivity index (χ3n) is 3.24. The van der Waals surface area contributed by atoms with E-state index in [2.05, 4.69) is 0 Å². The molecular formula is C15H16F3NO2. The SMILES string of the molecule is CCN(Cc1ccco1)c1ccc(CO)c(C(F)(F)F)c1. The van der Waals surface area contributed by atoms with Crippen LogP contribution in [-0.2, 0) is 19.3 Å². The van der Waals surface area contributed by atoms with Crippen molar-refractivity contribution >= 4 is 5.69 Å². The quantitative estimate of drug-likeness (QED) is 0.912. The first-order chi connectivity index (χ1) is 9.95. The number of nitrogens with zero attached hydrogens (tertiary/aromatic N) is 1. The van der Waals surface area contributed by atoms with E-state index in [-0.39, 0.29) is 5.56 Å². The van der Waals surface area contributed by atoms with Crippen LogP contribution in [0.2, 0.25) is 0 Å². The van der Waals surface area contributed by atoms with Gasteiger partial charge in [-0.2, -0.15) is 13.2 Å². The molecule has 0 fully saturated rings. The Labute approximate surface area is 120 Å². The molecule has 0 spiro atoms. The Morgan fingerprint density at radius 2 is 2.00 bits per heavy atom. The van der Waals surface area contributed by atoms with Gasteiger partial charge in [0.25, 0.3) is 0 Å². The molecule has 0 aliphatic rings. The van der Waals surface area contributed by atoms with Crippen LogP contribution < -0.4 is 4.90 Å². The molecule has 6 heteroatoms. The molecular weight excluding hydrogens is 283 g/mol. The van der Waals surface area contributed by atoms with Gasteiger partial charge in [-0.1, -0.05) is 6.07 Å². The van der Waals surface area contributed by atoms with Crippen molar-refractivity contribution in [2.75, 3.05) is 11.4 Å². The smallest absolute Gasteiger partial charge is 0.416 e. The fourth-order valence-corrected chi connectivity index (χ4v) is 2.14. The molecule has 114 valence electrons. The summed E-state index contributed by atoms with van der Waals surface area (Å²) < 4.78 is 44.3. The largest absolute Gasteiger partial charge is 0.467 e. The number of hydrogen-bond acceptors (Lipinski definition) is 3. The first-order valence-corrected chi connectivity index (χ1v) is 6.54. The Morgan fingerprint density at radius 3 is 2.52 bits per heavy atom. The number of halogens is 3. The maximum absolute atomic E-state index is 13.0. The Bertz CT molecular complexity index is 579. The fraction of sp³-hybridized carbons (Fsp3) is 0.333. The van der Waals surface area contributed by atoms with E-state index in [0.29, 0.717) is 24.5 Å². The van der Waals surface area contributed by atoms with Crippen molar-refractivity contribution in [1.82, 2.24) is 0 Å². The summed E-state index contributed by atoms with van der Waals surface area (Å²) in [7, 11) is 0. The molecule has 0 saturated heterocycles. The Kier molecular flexibility index (Phi) is 4.57. The van der Waals surface area contributed by atoms with Gasteiger partial charge in [-0.15, -0.1) is 0 Å². The molecule has 0 aliphatic carbocycles. The van der Waals surface area contributed by atoms with E-state index in [1.165, 1.54) is 12.3 Å². The van der Waals surface area contributed by atoms with Gasteiger partial charge < -0.3 is 14.4 Å². The first kappa shape index (κ1) is 15.4. The fourth-order valence-electron chi connectivity index (χ4n) is 2.14. The summed E-state index contributed by atoms with van der Waals surface area (Å²) in [5.74, 6) is 0.677. The summed E-state index contributed by atoms with van der Waals surface area (Å²) in [6.07, 6.45) is -2.96. The van der Waals surface area contributed by atoms with Crippen LogP contribution in [0, 0.1) is 0 Å². The molecule has 21 heavy (non-hydrogen) atoms. The number of anilines is 1. The Balaban J connectivity index is 2.33. The predicted octanol–water partition coefficient (Wildman–Crippen LogP) is 3.82. The van der Waals surface area contributed by atoms with Gasteiger partial charge in [-0.3, -0.25) is 0 Å². The molecule has 2 rings (SSSR count). The monoisotopic (exact) mass is 299 g/mol. The van der Waals surface area contributed by atoms with Gasteiger partial charge in [-0.25, -0.2) is 0 Å². The number of aliphatic hydroxyl groups is 1. The van der Waals surface area contributed by atoms with Crippen molar-refractivity contribution in [2.45, 2.75) is 26.3 Å². The minimum absolute atomic E-state index is 0.125. The summed E-state index contributed by atoms with van der Waals surface area (Å²) >= 11 is 0. The number of rotatable bonds is 5. The number of furan rings is 1. The highest BCUT2D eigenvalue weighted by Gasteiger charge is 2.33. The summed E-state index contributed by atoms with van der Waals surface area (Å²) in [5, 5.41) is 9.05. The molecule has 0 atom stereocenters. The van der Waals surface area contributed by atoms with Crippen LogP contribution in [-0.4, -0.2) is 11.7 Å². The summed E-state index contributed by atoms with van der Waals surface area (Å²) in [4.78, 5) is 1.77. The van der Waals surface area contributed by atoms with Crippen molar-refractivity contribution in [3.8, 4) is 0 Å². The van der Waals surface area contributed by atoms with Gasteiger partial charge in [0.2, 0.25) is 0 Å². The lowest BCUT2D eigenvalue weighted by molar-refractivity contribution is -0.138. The summed E-state index contributed by atoms with van der Waals surface area (Å²) in [5.41, 5.74) is -0.487. The van der Waals surface area contributed by atoms with Crippen LogP contribution in [0.15, 0.2) is 41.0 Å². The van der Waals surface area contributed by atoms with E-state index in [1.807, 2.05) is 6.92 Å². The molecule has 1 aromatic heterocycles. The number of benzene rings is 1. The van der Waals surface area contributed by atoms with Gasteiger partial charge in [0.05, 0.1) is 25.0 Å². The van der Waals surface area contributed by atoms with Crippen molar-refractivity contribution in [3.05, 3.63) is 53.5 Å². The maximum Gasteiger partial charge on any atom is 0.416 e.